The number of nitrogens with zero attached hydrogens (tertiary/aromatic N) is 2. The van der Waals surface area contributed by atoms with Crippen LogP contribution in [-0.2, 0) is 0 Å². The summed E-state index contributed by atoms with van der Waals surface area (Å²) < 4.78 is 2.15. The van der Waals surface area contributed by atoms with Crippen molar-refractivity contribution in [3.05, 3.63) is 148 Å². The Kier molecular flexibility index (Phi) is 6.34. The summed E-state index contributed by atoms with van der Waals surface area (Å²) in [7, 11) is 0. The lowest BCUT2D eigenvalue weighted by atomic mass is 10.1. The maximum atomic E-state index is 12.9. The number of aromatic nitrogens is 4. The van der Waals surface area contributed by atoms with Gasteiger partial charge in [0.2, 0.25) is 0 Å². The molecule has 0 aliphatic rings. The van der Waals surface area contributed by atoms with Gasteiger partial charge in [-0.1, -0.05) is 59.6 Å². The fourth-order valence-electron chi connectivity index (χ4n) is 4.51. The number of hydrogen-bond acceptors (Lipinski definition) is 4. The van der Waals surface area contributed by atoms with E-state index in [0.29, 0.717) is 43.2 Å². The molecule has 6 aromatic rings. The van der Waals surface area contributed by atoms with Crippen LogP contribution in [0.3, 0.4) is 0 Å². The average molecular weight is 569 g/mol. The maximum Gasteiger partial charge on any atom is 0.333 e. The van der Waals surface area contributed by atoms with E-state index in [1.165, 1.54) is 0 Å². The van der Waals surface area contributed by atoms with Gasteiger partial charge < -0.3 is 9.97 Å². The number of fused-ring (bicyclic) bond motifs is 2. The molecule has 40 heavy (non-hydrogen) atoms. The zero-order valence-electron chi connectivity index (χ0n) is 20.5. The molecule has 0 bridgehead atoms. The van der Waals surface area contributed by atoms with Gasteiger partial charge in [0, 0.05) is 10.0 Å². The SMILES string of the molecule is O=c1[nH]c2cc(Cl)ccc2c(=O)n1-c1ccc(/C=C/c2ccc(-n3c(=O)[nH]c4cc(Cl)ccc4c3=O)cc2)cc1. The van der Waals surface area contributed by atoms with E-state index in [2.05, 4.69) is 9.97 Å². The van der Waals surface area contributed by atoms with Crippen molar-refractivity contribution in [2.24, 2.45) is 0 Å². The van der Waals surface area contributed by atoms with Crippen molar-refractivity contribution in [1.82, 2.24) is 19.1 Å². The Bertz CT molecular complexity index is 2050. The molecule has 2 aromatic heterocycles. The van der Waals surface area contributed by atoms with Crippen molar-refractivity contribution in [2.45, 2.75) is 0 Å². The molecule has 0 aliphatic heterocycles. The molecule has 0 aliphatic carbocycles. The molecule has 0 fully saturated rings. The van der Waals surface area contributed by atoms with Crippen LogP contribution >= 0.6 is 23.2 Å². The summed E-state index contributed by atoms with van der Waals surface area (Å²) in [5.74, 6) is 0. The summed E-state index contributed by atoms with van der Waals surface area (Å²) in [6, 6.07) is 23.4. The van der Waals surface area contributed by atoms with E-state index in [0.717, 1.165) is 20.3 Å². The summed E-state index contributed by atoms with van der Waals surface area (Å²) in [6.45, 7) is 0. The molecule has 0 saturated heterocycles. The highest BCUT2D eigenvalue weighted by molar-refractivity contribution is 6.31. The second kappa shape index (κ2) is 10.00. The van der Waals surface area contributed by atoms with Gasteiger partial charge in [-0.2, -0.15) is 0 Å². The largest absolute Gasteiger partial charge is 0.333 e. The van der Waals surface area contributed by atoms with E-state index >= 15 is 0 Å². The minimum atomic E-state index is -0.559. The minimum Gasteiger partial charge on any atom is -0.306 e. The third-order valence-electron chi connectivity index (χ3n) is 6.49. The fourth-order valence-corrected chi connectivity index (χ4v) is 4.86. The Morgan fingerprint density at radius 1 is 0.525 bits per heavy atom. The monoisotopic (exact) mass is 568 g/mol. The van der Waals surface area contributed by atoms with Gasteiger partial charge in [0.25, 0.3) is 11.1 Å². The van der Waals surface area contributed by atoms with Crippen molar-refractivity contribution in [1.29, 1.82) is 0 Å². The van der Waals surface area contributed by atoms with Gasteiger partial charge in [-0.05, 0) is 71.8 Å². The lowest BCUT2D eigenvalue weighted by Crippen LogP contribution is -2.33. The number of rotatable bonds is 4. The first kappa shape index (κ1) is 25.4. The highest BCUT2D eigenvalue weighted by Crippen LogP contribution is 2.17. The first-order valence-corrected chi connectivity index (χ1v) is 12.8. The van der Waals surface area contributed by atoms with Gasteiger partial charge in [0.1, 0.15) is 0 Å². The van der Waals surface area contributed by atoms with Crippen LogP contribution in [0.5, 0.6) is 0 Å². The van der Waals surface area contributed by atoms with Gasteiger partial charge in [0.15, 0.2) is 0 Å². The highest BCUT2D eigenvalue weighted by atomic mass is 35.5. The standard InChI is InChI=1S/C30H18Cl2N4O4/c31-19-7-13-23-25(15-19)33-29(39)35(27(23)37)21-9-3-17(4-10-21)1-2-18-5-11-22(12-6-18)36-28(38)24-14-8-20(32)16-26(24)34-30(36)40/h1-16H,(H,33,39)(H,34,40)/b2-1+. The molecule has 0 amide bonds. The number of H-pyrrole nitrogens is 2. The number of nitrogens with one attached hydrogen (secondary N) is 2. The summed E-state index contributed by atoms with van der Waals surface area (Å²) in [4.78, 5) is 56.5. The van der Waals surface area contributed by atoms with Crippen LogP contribution in [0.2, 0.25) is 10.0 Å². The maximum absolute atomic E-state index is 12.9. The summed E-state index contributed by atoms with van der Waals surface area (Å²) in [5, 5.41) is 1.56. The molecule has 2 heterocycles. The zero-order valence-corrected chi connectivity index (χ0v) is 22.0. The van der Waals surface area contributed by atoms with E-state index in [-0.39, 0.29) is 0 Å². The average Bonchev–Trinajstić information content (AvgIpc) is 2.93. The molecule has 0 radical (unpaired) electrons. The summed E-state index contributed by atoms with van der Waals surface area (Å²) in [6.07, 6.45) is 3.74. The molecule has 2 N–H and O–H groups in total. The topological polar surface area (TPSA) is 110 Å². The highest BCUT2D eigenvalue weighted by Gasteiger charge is 2.11. The lowest BCUT2D eigenvalue weighted by Gasteiger charge is -2.07. The predicted molar refractivity (Wildman–Crippen MR) is 159 cm³/mol. The van der Waals surface area contributed by atoms with Crippen molar-refractivity contribution in [3.63, 3.8) is 0 Å². The first-order chi connectivity index (χ1) is 19.3. The van der Waals surface area contributed by atoms with Crippen LogP contribution in [0.1, 0.15) is 11.1 Å². The van der Waals surface area contributed by atoms with Crippen LogP contribution in [0, 0.1) is 0 Å². The van der Waals surface area contributed by atoms with Crippen LogP contribution < -0.4 is 22.5 Å². The minimum absolute atomic E-state index is 0.355. The van der Waals surface area contributed by atoms with E-state index in [9.17, 15) is 19.2 Å². The Morgan fingerprint density at radius 3 is 1.27 bits per heavy atom. The van der Waals surface area contributed by atoms with Crippen molar-refractivity contribution in [2.75, 3.05) is 0 Å². The van der Waals surface area contributed by atoms with Gasteiger partial charge in [0.05, 0.1) is 33.2 Å². The Labute approximate surface area is 235 Å². The van der Waals surface area contributed by atoms with Crippen LogP contribution in [0.15, 0.2) is 104 Å². The lowest BCUT2D eigenvalue weighted by molar-refractivity contribution is 0.901. The number of halogens is 2. The summed E-state index contributed by atoms with van der Waals surface area (Å²) in [5.41, 5.74) is 1.30. The molecule has 0 unspecified atom stereocenters. The second-order valence-corrected chi connectivity index (χ2v) is 9.91. The van der Waals surface area contributed by atoms with Gasteiger partial charge >= 0.3 is 11.4 Å². The number of benzene rings is 4. The van der Waals surface area contributed by atoms with Gasteiger partial charge in [-0.3, -0.25) is 9.59 Å². The van der Waals surface area contributed by atoms with Crippen molar-refractivity contribution in [3.8, 4) is 11.4 Å². The molecule has 10 heteroatoms. The predicted octanol–water partition coefficient (Wildman–Crippen LogP) is 5.15. The quantitative estimate of drug-likeness (QED) is 0.286. The van der Waals surface area contributed by atoms with Crippen LogP contribution in [0.25, 0.3) is 45.3 Å². The first-order valence-electron chi connectivity index (χ1n) is 12.1. The van der Waals surface area contributed by atoms with Crippen molar-refractivity contribution >= 4 is 57.2 Å². The van der Waals surface area contributed by atoms with Gasteiger partial charge in [-0.15, -0.1) is 0 Å². The summed E-state index contributed by atoms with van der Waals surface area (Å²) >= 11 is 11.9. The fraction of sp³-hybridized carbons (Fsp3) is 0. The second-order valence-electron chi connectivity index (χ2n) is 9.04. The van der Waals surface area contributed by atoms with Crippen LogP contribution in [0.4, 0.5) is 0 Å². The molecule has 0 saturated carbocycles. The molecule has 0 spiro atoms. The van der Waals surface area contributed by atoms with Gasteiger partial charge in [-0.25, -0.2) is 18.7 Å². The van der Waals surface area contributed by atoms with Crippen molar-refractivity contribution < 1.29 is 0 Å². The molecule has 0 atom stereocenters. The Morgan fingerprint density at radius 2 is 0.900 bits per heavy atom. The molecular formula is C30H18Cl2N4O4. The Hall–Kier alpha value is -4.92. The third-order valence-corrected chi connectivity index (χ3v) is 6.96. The molecule has 8 nitrogen and oxygen atoms in total. The number of aromatic amines is 2. The molecule has 6 rings (SSSR count). The van der Waals surface area contributed by atoms with E-state index in [1.807, 2.05) is 12.2 Å². The van der Waals surface area contributed by atoms with E-state index < -0.39 is 22.5 Å². The normalized spacial score (nSPS) is 11.6. The molecular weight excluding hydrogens is 551 g/mol. The third kappa shape index (κ3) is 4.59. The Balaban J connectivity index is 1.26. The molecule has 196 valence electrons. The van der Waals surface area contributed by atoms with E-state index in [4.69, 9.17) is 23.2 Å². The number of hydrogen-bond donors (Lipinski definition) is 2. The molecule has 4 aromatic carbocycles. The van der Waals surface area contributed by atoms with Crippen LogP contribution in [-0.4, -0.2) is 19.1 Å². The van der Waals surface area contributed by atoms with E-state index in [1.54, 1.807) is 84.9 Å². The smallest absolute Gasteiger partial charge is 0.306 e. The zero-order chi connectivity index (χ0) is 28.0.